The summed E-state index contributed by atoms with van der Waals surface area (Å²) in [7, 11) is 0. The van der Waals surface area contributed by atoms with Gasteiger partial charge in [0.1, 0.15) is 0 Å². The van der Waals surface area contributed by atoms with Crippen molar-refractivity contribution in [2.75, 3.05) is 0 Å². The molecule has 5 aromatic rings. The SMILES string of the molecule is CCCCCCCCCCc1cc2sc3cc4c(cc3c2s1)sc1cc(CCCCCCCCCC)sc14. The molecule has 0 saturated carbocycles. The van der Waals surface area contributed by atoms with Gasteiger partial charge in [-0.3, -0.25) is 0 Å². The third-order valence-corrected chi connectivity index (χ3v) is 13.0. The van der Waals surface area contributed by atoms with E-state index in [4.69, 9.17) is 0 Å². The first-order valence-corrected chi connectivity index (χ1v) is 18.8. The lowest BCUT2D eigenvalue weighted by Gasteiger charge is -2.01. The van der Waals surface area contributed by atoms with Crippen LogP contribution in [0.15, 0.2) is 24.3 Å². The van der Waals surface area contributed by atoms with Crippen LogP contribution in [0.1, 0.15) is 126 Å². The summed E-state index contributed by atoms with van der Waals surface area (Å²) in [6.07, 6.45) is 25.0. The molecule has 0 N–H and O–H groups in total. The maximum Gasteiger partial charge on any atom is 0.0532 e. The van der Waals surface area contributed by atoms with Crippen LogP contribution < -0.4 is 0 Å². The third kappa shape index (κ3) is 7.22. The Bertz CT molecular complexity index is 1300. The van der Waals surface area contributed by atoms with Crippen LogP contribution in [0.25, 0.3) is 39.0 Å². The van der Waals surface area contributed by atoms with Crippen molar-refractivity contribution >= 4 is 84.3 Å². The lowest BCUT2D eigenvalue weighted by molar-refractivity contribution is 0.576. The van der Waals surface area contributed by atoms with Gasteiger partial charge in [-0.05, 0) is 49.9 Å². The molecule has 0 amide bonds. The van der Waals surface area contributed by atoms with Gasteiger partial charge < -0.3 is 0 Å². The molecular formula is C34H46S4. The highest BCUT2D eigenvalue weighted by molar-refractivity contribution is 7.34. The number of aryl methyl sites for hydroxylation is 2. The average molecular weight is 583 g/mol. The number of unbranched alkanes of at least 4 members (excludes halogenated alkanes) is 14. The fourth-order valence-corrected chi connectivity index (χ4v) is 11.0. The molecule has 38 heavy (non-hydrogen) atoms. The van der Waals surface area contributed by atoms with E-state index >= 15 is 0 Å². The molecule has 0 unspecified atom stereocenters. The van der Waals surface area contributed by atoms with Crippen LogP contribution >= 0.6 is 45.3 Å². The quantitative estimate of drug-likeness (QED) is 0.0901. The van der Waals surface area contributed by atoms with Crippen molar-refractivity contribution in [3.8, 4) is 0 Å². The number of fused-ring (bicyclic) bond motifs is 6. The average Bonchev–Trinajstić information content (AvgIpc) is 3.65. The summed E-state index contributed by atoms with van der Waals surface area (Å²) in [6, 6.07) is 10.0. The van der Waals surface area contributed by atoms with Gasteiger partial charge in [0.15, 0.2) is 0 Å². The standard InChI is InChI=1S/C34H46S4/c1-3-5-7-9-11-13-15-17-19-25-21-31-33(35-25)27-23-30-28(24-29(27)37-31)34-32(38-30)22-26(36-34)20-18-16-14-12-10-8-6-4-2/h21-24H,3-20H2,1-2H3. The fourth-order valence-electron chi connectivity index (χ4n) is 5.81. The van der Waals surface area contributed by atoms with Crippen molar-refractivity contribution in [3.05, 3.63) is 34.0 Å². The molecule has 5 rings (SSSR count). The summed E-state index contributed by atoms with van der Waals surface area (Å²) in [6.45, 7) is 4.60. The second-order valence-corrected chi connectivity index (χ2v) is 15.8. The molecule has 0 radical (unpaired) electrons. The Hall–Kier alpha value is -0.940. The highest BCUT2D eigenvalue weighted by Crippen LogP contribution is 2.46. The van der Waals surface area contributed by atoms with Crippen molar-refractivity contribution in [1.29, 1.82) is 0 Å². The molecule has 0 aliphatic heterocycles. The van der Waals surface area contributed by atoms with E-state index in [1.54, 1.807) is 9.75 Å². The number of rotatable bonds is 18. The zero-order valence-corrected chi connectivity index (χ0v) is 26.9. The molecule has 0 spiro atoms. The van der Waals surface area contributed by atoms with Crippen LogP contribution in [0.5, 0.6) is 0 Å². The fraction of sp³-hybridized carbons (Fsp3) is 0.588. The van der Waals surface area contributed by atoms with E-state index in [2.05, 4.69) is 60.8 Å². The van der Waals surface area contributed by atoms with Gasteiger partial charge in [0, 0.05) is 39.3 Å². The zero-order valence-electron chi connectivity index (χ0n) is 23.7. The van der Waals surface area contributed by atoms with Crippen LogP contribution in [0.4, 0.5) is 0 Å². The van der Waals surface area contributed by atoms with E-state index in [1.807, 2.05) is 22.7 Å². The molecule has 4 heteroatoms. The van der Waals surface area contributed by atoms with Crippen LogP contribution in [-0.2, 0) is 12.8 Å². The third-order valence-electron chi connectivity index (χ3n) is 8.06. The Balaban J connectivity index is 1.17. The predicted octanol–water partition coefficient (Wildman–Crippen LogP) is 13.9. The molecule has 0 saturated heterocycles. The van der Waals surface area contributed by atoms with Crippen LogP contribution in [0.2, 0.25) is 0 Å². The molecule has 0 fully saturated rings. The summed E-state index contributed by atoms with van der Waals surface area (Å²) >= 11 is 8.16. The Morgan fingerprint density at radius 2 is 0.763 bits per heavy atom. The summed E-state index contributed by atoms with van der Waals surface area (Å²) in [5.74, 6) is 0. The first-order chi connectivity index (χ1) is 18.8. The van der Waals surface area contributed by atoms with Crippen LogP contribution in [-0.4, -0.2) is 0 Å². The Labute approximate surface area is 246 Å². The van der Waals surface area contributed by atoms with Gasteiger partial charge in [-0.25, -0.2) is 0 Å². The molecule has 0 aliphatic carbocycles. The molecule has 0 aliphatic rings. The molecule has 1 aromatic carbocycles. The second kappa shape index (κ2) is 14.6. The topological polar surface area (TPSA) is 0 Å². The van der Waals surface area contributed by atoms with E-state index in [1.165, 1.54) is 155 Å². The number of hydrogen-bond acceptors (Lipinski definition) is 4. The second-order valence-electron chi connectivity index (χ2n) is 11.3. The van der Waals surface area contributed by atoms with Gasteiger partial charge in [-0.2, -0.15) is 0 Å². The van der Waals surface area contributed by atoms with Crippen molar-refractivity contribution in [2.24, 2.45) is 0 Å². The molecule has 0 nitrogen and oxygen atoms in total. The van der Waals surface area contributed by atoms with Crippen molar-refractivity contribution in [3.63, 3.8) is 0 Å². The molecule has 4 heterocycles. The van der Waals surface area contributed by atoms with E-state index in [9.17, 15) is 0 Å². The van der Waals surface area contributed by atoms with Gasteiger partial charge >= 0.3 is 0 Å². The zero-order chi connectivity index (χ0) is 26.2. The van der Waals surface area contributed by atoms with Crippen LogP contribution in [0, 0.1) is 0 Å². The van der Waals surface area contributed by atoms with E-state index in [-0.39, 0.29) is 0 Å². The minimum absolute atomic E-state index is 1.27. The lowest BCUT2D eigenvalue weighted by atomic mass is 10.1. The number of benzene rings is 1. The van der Waals surface area contributed by atoms with E-state index < -0.39 is 0 Å². The normalized spacial score (nSPS) is 12.3. The molecular weight excluding hydrogens is 537 g/mol. The van der Waals surface area contributed by atoms with Gasteiger partial charge in [0.25, 0.3) is 0 Å². The molecule has 0 atom stereocenters. The van der Waals surface area contributed by atoms with E-state index in [0.717, 1.165) is 0 Å². The van der Waals surface area contributed by atoms with Gasteiger partial charge in [-0.1, -0.05) is 104 Å². The van der Waals surface area contributed by atoms with Crippen LogP contribution in [0.3, 0.4) is 0 Å². The summed E-state index contributed by atoms with van der Waals surface area (Å²) < 4.78 is 9.05. The number of hydrogen-bond donors (Lipinski definition) is 0. The first-order valence-electron chi connectivity index (χ1n) is 15.6. The molecule has 0 bridgehead atoms. The summed E-state index contributed by atoms with van der Waals surface area (Å²) in [5, 5.41) is 3.00. The number of thiophene rings is 4. The highest BCUT2D eigenvalue weighted by Gasteiger charge is 2.15. The minimum Gasteiger partial charge on any atom is -0.139 e. The monoisotopic (exact) mass is 582 g/mol. The highest BCUT2D eigenvalue weighted by atomic mass is 32.1. The van der Waals surface area contributed by atoms with Gasteiger partial charge in [0.2, 0.25) is 0 Å². The van der Waals surface area contributed by atoms with Gasteiger partial charge in [0.05, 0.1) is 9.40 Å². The van der Waals surface area contributed by atoms with E-state index in [0.29, 0.717) is 0 Å². The maximum atomic E-state index is 2.51. The maximum absolute atomic E-state index is 2.51. The summed E-state index contributed by atoms with van der Waals surface area (Å²) in [5.41, 5.74) is 0. The van der Waals surface area contributed by atoms with Crippen molar-refractivity contribution in [2.45, 2.75) is 129 Å². The predicted molar refractivity (Wildman–Crippen MR) is 181 cm³/mol. The lowest BCUT2D eigenvalue weighted by Crippen LogP contribution is -1.83. The molecule has 4 aromatic heterocycles. The minimum atomic E-state index is 1.27. The Kier molecular flexibility index (Phi) is 11.0. The Morgan fingerprint density at radius 1 is 0.395 bits per heavy atom. The van der Waals surface area contributed by atoms with Crippen molar-refractivity contribution < 1.29 is 0 Å². The summed E-state index contributed by atoms with van der Waals surface area (Å²) in [4.78, 5) is 3.19. The van der Waals surface area contributed by atoms with Crippen molar-refractivity contribution in [1.82, 2.24) is 0 Å². The first kappa shape index (κ1) is 28.6. The Morgan fingerprint density at radius 3 is 1.16 bits per heavy atom. The smallest absolute Gasteiger partial charge is 0.0532 e. The molecule has 206 valence electrons. The largest absolute Gasteiger partial charge is 0.139 e. The van der Waals surface area contributed by atoms with Gasteiger partial charge in [-0.15, -0.1) is 45.3 Å².